The SMILES string of the molecule is Cc1cc(N)c(C)c2c1OC(C)(C)C=C2. The van der Waals surface area contributed by atoms with E-state index in [1.807, 2.05) is 19.9 Å². The van der Waals surface area contributed by atoms with Crippen molar-refractivity contribution in [3.05, 3.63) is 28.8 Å². The second-order valence-electron chi connectivity index (χ2n) is 4.69. The van der Waals surface area contributed by atoms with Gasteiger partial charge in [-0.1, -0.05) is 6.08 Å². The van der Waals surface area contributed by atoms with Gasteiger partial charge in [-0.15, -0.1) is 0 Å². The molecule has 2 heteroatoms. The quantitative estimate of drug-likeness (QED) is 0.658. The molecule has 0 aliphatic carbocycles. The van der Waals surface area contributed by atoms with E-state index in [9.17, 15) is 0 Å². The van der Waals surface area contributed by atoms with Gasteiger partial charge < -0.3 is 10.5 Å². The third-order valence-corrected chi connectivity index (χ3v) is 2.83. The van der Waals surface area contributed by atoms with E-state index in [1.165, 1.54) is 0 Å². The van der Waals surface area contributed by atoms with Crippen LogP contribution in [-0.2, 0) is 0 Å². The largest absolute Gasteiger partial charge is 0.483 e. The molecule has 0 radical (unpaired) electrons. The lowest BCUT2D eigenvalue weighted by Crippen LogP contribution is -2.28. The summed E-state index contributed by atoms with van der Waals surface area (Å²) < 4.78 is 5.94. The molecule has 1 aromatic rings. The Morgan fingerprint density at radius 1 is 1.27 bits per heavy atom. The van der Waals surface area contributed by atoms with Crippen LogP contribution in [0.15, 0.2) is 12.1 Å². The van der Waals surface area contributed by atoms with Crippen molar-refractivity contribution in [1.82, 2.24) is 0 Å². The van der Waals surface area contributed by atoms with Crippen molar-refractivity contribution in [3.8, 4) is 5.75 Å². The van der Waals surface area contributed by atoms with Crippen LogP contribution < -0.4 is 10.5 Å². The zero-order valence-corrected chi connectivity index (χ0v) is 9.72. The summed E-state index contributed by atoms with van der Waals surface area (Å²) >= 11 is 0. The Labute approximate surface area is 90.7 Å². The van der Waals surface area contributed by atoms with Crippen molar-refractivity contribution >= 4 is 11.8 Å². The smallest absolute Gasteiger partial charge is 0.131 e. The number of aryl methyl sites for hydroxylation is 1. The summed E-state index contributed by atoms with van der Waals surface area (Å²) in [5.41, 5.74) is 9.85. The van der Waals surface area contributed by atoms with Crippen LogP contribution in [0, 0.1) is 13.8 Å². The minimum Gasteiger partial charge on any atom is -0.483 e. The zero-order chi connectivity index (χ0) is 11.2. The lowest BCUT2D eigenvalue weighted by atomic mass is 9.96. The van der Waals surface area contributed by atoms with E-state index in [-0.39, 0.29) is 5.60 Å². The van der Waals surface area contributed by atoms with E-state index in [1.54, 1.807) is 0 Å². The average Bonchev–Trinajstić information content (AvgIpc) is 2.13. The molecule has 0 atom stereocenters. The molecule has 0 aromatic heterocycles. The predicted octanol–water partition coefficient (Wildman–Crippen LogP) is 3.07. The minimum absolute atomic E-state index is 0.222. The fourth-order valence-corrected chi connectivity index (χ4v) is 1.86. The number of fused-ring (bicyclic) bond motifs is 1. The molecule has 0 spiro atoms. The molecule has 2 rings (SSSR count). The number of hydrogen-bond acceptors (Lipinski definition) is 2. The van der Waals surface area contributed by atoms with E-state index < -0.39 is 0 Å². The maximum Gasteiger partial charge on any atom is 0.131 e. The molecule has 0 saturated heterocycles. The molecular formula is C13H17NO. The van der Waals surface area contributed by atoms with E-state index >= 15 is 0 Å². The van der Waals surface area contributed by atoms with Gasteiger partial charge in [0.25, 0.3) is 0 Å². The molecule has 2 nitrogen and oxygen atoms in total. The molecule has 2 N–H and O–H groups in total. The molecule has 1 heterocycles. The Kier molecular flexibility index (Phi) is 2.03. The summed E-state index contributed by atoms with van der Waals surface area (Å²) in [6, 6.07) is 1.98. The highest BCUT2D eigenvalue weighted by Gasteiger charge is 2.24. The van der Waals surface area contributed by atoms with Gasteiger partial charge in [0.2, 0.25) is 0 Å². The fraction of sp³-hybridized carbons (Fsp3) is 0.385. The third kappa shape index (κ3) is 1.60. The molecule has 1 aromatic carbocycles. The van der Waals surface area contributed by atoms with Crippen molar-refractivity contribution in [3.63, 3.8) is 0 Å². The van der Waals surface area contributed by atoms with Crippen LogP contribution >= 0.6 is 0 Å². The van der Waals surface area contributed by atoms with Crippen LogP contribution in [0.5, 0.6) is 5.75 Å². The fourth-order valence-electron chi connectivity index (χ4n) is 1.86. The van der Waals surface area contributed by atoms with Crippen LogP contribution in [0.1, 0.15) is 30.5 Å². The zero-order valence-electron chi connectivity index (χ0n) is 9.72. The Bertz CT molecular complexity index is 444. The average molecular weight is 203 g/mol. The number of rotatable bonds is 0. The Hall–Kier alpha value is -1.44. The summed E-state index contributed by atoms with van der Waals surface area (Å²) in [4.78, 5) is 0. The van der Waals surface area contributed by atoms with Crippen LogP contribution in [0.4, 0.5) is 5.69 Å². The molecule has 0 fully saturated rings. The van der Waals surface area contributed by atoms with Crippen LogP contribution in [-0.4, -0.2) is 5.60 Å². The van der Waals surface area contributed by atoms with Gasteiger partial charge in [-0.25, -0.2) is 0 Å². The van der Waals surface area contributed by atoms with Gasteiger partial charge in [0.1, 0.15) is 11.4 Å². The highest BCUT2D eigenvalue weighted by atomic mass is 16.5. The van der Waals surface area contributed by atoms with Crippen molar-refractivity contribution in [2.75, 3.05) is 5.73 Å². The first-order valence-electron chi connectivity index (χ1n) is 5.18. The van der Waals surface area contributed by atoms with Gasteiger partial charge in [-0.05, 0) is 51.0 Å². The number of nitrogen functional groups attached to an aromatic ring is 1. The summed E-state index contributed by atoms with van der Waals surface area (Å²) in [6.07, 6.45) is 4.18. The molecule has 1 aliphatic heterocycles. The normalized spacial score (nSPS) is 17.1. The Balaban J connectivity index is 2.66. The monoisotopic (exact) mass is 203 g/mol. The molecule has 1 aliphatic rings. The van der Waals surface area contributed by atoms with Gasteiger partial charge in [-0.3, -0.25) is 0 Å². The predicted molar refractivity (Wildman–Crippen MR) is 64.1 cm³/mol. The first-order chi connectivity index (χ1) is 6.91. The molecule has 0 saturated carbocycles. The van der Waals surface area contributed by atoms with Crippen molar-refractivity contribution < 1.29 is 4.74 Å². The topological polar surface area (TPSA) is 35.2 Å². The molecule has 80 valence electrons. The second-order valence-corrected chi connectivity index (χ2v) is 4.69. The minimum atomic E-state index is -0.222. The number of benzene rings is 1. The standard InChI is InChI=1S/C13H17NO/c1-8-7-11(14)9(2)10-5-6-13(3,4)15-12(8)10/h5-7H,14H2,1-4H3. The summed E-state index contributed by atoms with van der Waals surface area (Å²) in [7, 11) is 0. The third-order valence-electron chi connectivity index (χ3n) is 2.83. The summed E-state index contributed by atoms with van der Waals surface area (Å²) in [6.45, 7) is 8.17. The highest BCUT2D eigenvalue weighted by Crippen LogP contribution is 2.37. The van der Waals surface area contributed by atoms with Gasteiger partial charge in [0, 0.05) is 11.3 Å². The summed E-state index contributed by atoms with van der Waals surface area (Å²) in [5.74, 6) is 0.967. The van der Waals surface area contributed by atoms with E-state index in [2.05, 4.69) is 26.0 Å². The van der Waals surface area contributed by atoms with Crippen molar-refractivity contribution in [1.29, 1.82) is 0 Å². The number of nitrogens with two attached hydrogens (primary N) is 1. The molecule has 0 amide bonds. The lowest BCUT2D eigenvalue weighted by molar-refractivity contribution is 0.157. The first-order valence-corrected chi connectivity index (χ1v) is 5.18. The summed E-state index contributed by atoms with van der Waals surface area (Å²) in [5, 5.41) is 0. The first kappa shape index (κ1) is 10.1. The van der Waals surface area contributed by atoms with Crippen LogP contribution in [0.3, 0.4) is 0 Å². The molecule has 0 bridgehead atoms. The molecule has 0 unspecified atom stereocenters. The van der Waals surface area contributed by atoms with E-state index in [0.717, 1.165) is 28.1 Å². The van der Waals surface area contributed by atoms with Gasteiger partial charge >= 0.3 is 0 Å². The maximum absolute atomic E-state index is 5.94. The van der Waals surface area contributed by atoms with Crippen LogP contribution in [0.25, 0.3) is 6.08 Å². The second kappa shape index (κ2) is 3.02. The van der Waals surface area contributed by atoms with E-state index in [0.29, 0.717) is 0 Å². The molecular weight excluding hydrogens is 186 g/mol. The van der Waals surface area contributed by atoms with Crippen molar-refractivity contribution in [2.24, 2.45) is 0 Å². The van der Waals surface area contributed by atoms with Gasteiger partial charge in [-0.2, -0.15) is 0 Å². The van der Waals surface area contributed by atoms with E-state index in [4.69, 9.17) is 10.5 Å². The Morgan fingerprint density at radius 2 is 1.93 bits per heavy atom. The Morgan fingerprint density at radius 3 is 2.60 bits per heavy atom. The lowest BCUT2D eigenvalue weighted by Gasteiger charge is -2.30. The highest BCUT2D eigenvalue weighted by molar-refractivity contribution is 5.72. The molecule has 15 heavy (non-hydrogen) atoms. The maximum atomic E-state index is 5.94. The van der Waals surface area contributed by atoms with Gasteiger partial charge in [0.15, 0.2) is 0 Å². The number of hydrogen-bond donors (Lipinski definition) is 1. The number of anilines is 1. The van der Waals surface area contributed by atoms with Crippen molar-refractivity contribution in [2.45, 2.75) is 33.3 Å². The van der Waals surface area contributed by atoms with Crippen LogP contribution in [0.2, 0.25) is 0 Å². The van der Waals surface area contributed by atoms with Gasteiger partial charge in [0.05, 0.1) is 0 Å². The number of ether oxygens (including phenoxy) is 1.